The average Bonchev–Trinajstić information content (AvgIpc) is 3.14. The third kappa shape index (κ3) is 3.50. The third-order valence-electron chi connectivity index (χ3n) is 4.36. The lowest BCUT2D eigenvalue weighted by Crippen LogP contribution is -2.45. The lowest BCUT2D eigenvalue weighted by Gasteiger charge is -2.22. The maximum Gasteiger partial charge on any atom is 0.410 e. The van der Waals surface area contributed by atoms with Gasteiger partial charge in [0.05, 0.1) is 32.0 Å². The predicted molar refractivity (Wildman–Crippen MR) is 92.3 cm³/mol. The number of likely N-dealkylation sites (tertiary alicyclic amines) is 1. The molecule has 132 valence electrons. The summed E-state index contributed by atoms with van der Waals surface area (Å²) in [5, 5.41) is 3.78. The van der Waals surface area contributed by atoms with E-state index in [4.69, 9.17) is 9.47 Å². The van der Waals surface area contributed by atoms with Crippen molar-refractivity contribution in [3.63, 3.8) is 0 Å². The summed E-state index contributed by atoms with van der Waals surface area (Å²) >= 11 is 0. The average molecular weight is 343 g/mol. The van der Waals surface area contributed by atoms with Gasteiger partial charge in [0, 0.05) is 18.0 Å². The molecular weight excluding hydrogens is 322 g/mol. The van der Waals surface area contributed by atoms with E-state index in [1.807, 2.05) is 30.3 Å². The molecule has 7 nitrogen and oxygen atoms in total. The fourth-order valence-electron chi connectivity index (χ4n) is 3.13. The molecule has 0 saturated carbocycles. The largest absolute Gasteiger partial charge is 0.496 e. The summed E-state index contributed by atoms with van der Waals surface area (Å²) in [7, 11) is 2.93. The predicted octanol–water partition coefficient (Wildman–Crippen LogP) is 2.09. The fourth-order valence-corrected chi connectivity index (χ4v) is 3.13. The van der Waals surface area contributed by atoms with Gasteiger partial charge in [-0.05, 0) is 25.0 Å². The van der Waals surface area contributed by atoms with Crippen LogP contribution in [0.15, 0.2) is 30.3 Å². The van der Waals surface area contributed by atoms with Crippen molar-refractivity contribution < 1.29 is 19.1 Å². The minimum Gasteiger partial charge on any atom is -0.496 e. The first-order chi connectivity index (χ1) is 12.1. The van der Waals surface area contributed by atoms with Crippen LogP contribution in [0.1, 0.15) is 18.5 Å². The topological polar surface area (TPSA) is 80.8 Å². The second-order valence-corrected chi connectivity index (χ2v) is 5.87. The maximum atomic E-state index is 12.4. The normalized spacial score (nSPS) is 16.7. The number of benzene rings is 1. The van der Waals surface area contributed by atoms with Crippen molar-refractivity contribution in [2.45, 2.75) is 25.4 Å². The van der Waals surface area contributed by atoms with E-state index in [2.05, 4.69) is 10.3 Å². The summed E-state index contributed by atoms with van der Waals surface area (Å²) in [4.78, 5) is 30.2. The molecule has 1 fully saturated rings. The number of rotatable bonds is 4. The molecule has 7 heteroatoms. The van der Waals surface area contributed by atoms with Gasteiger partial charge in [0.1, 0.15) is 11.8 Å². The van der Waals surface area contributed by atoms with Gasteiger partial charge in [-0.3, -0.25) is 14.7 Å². The lowest BCUT2D eigenvalue weighted by atomic mass is 10.1. The minimum atomic E-state index is -0.491. The summed E-state index contributed by atoms with van der Waals surface area (Å²) in [6, 6.07) is 9.00. The highest BCUT2D eigenvalue weighted by Crippen LogP contribution is 2.25. The van der Waals surface area contributed by atoms with Crippen LogP contribution in [-0.4, -0.2) is 48.7 Å². The molecule has 1 aromatic heterocycles. The van der Waals surface area contributed by atoms with Crippen LogP contribution < -0.4 is 10.1 Å². The molecule has 2 amide bonds. The molecule has 0 unspecified atom stereocenters. The molecule has 0 bridgehead atoms. The first kappa shape index (κ1) is 17.0. The fraction of sp³-hybridized carbons (Fsp3) is 0.389. The molecule has 1 aliphatic heterocycles. The van der Waals surface area contributed by atoms with Gasteiger partial charge < -0.3 is 14.8 Å². The van der Waals surface area contributed by atoms with Gasteiger partial charge in [-0.2, -0.15) is 0 Å². The number of fused-ring (bicyclic) bond motifs is 1. The highest BCUT2D eigenvalue weighted by atomic mass is 16.5. The van der Waals surface area contributed by atoms with Crippen molar-refractivity contribution in [3.8, 4) is 5.75 Å². The summed E-state index contributed by atoms with van der Waals surface area (Å²) in [5.41, 5.74) is 1.51. The number of hydrogen-bond donors (Lipinski definition) is 1. The van der Waals surface area contributed by atoms with Gasteiger partial charge in [-0.25, -0.2) is 4.79 Å². The Bertz CT molecular complexity index is 793. The number of hydrogen-bond acceptors (Lipinski definition) is 5. The molecule has 1 aliphatic rings. The van der Waals surface area contributed by atoms with Crippen LogP contribution >= 0.6 is 0 Å². The van der Waals surface area contributed by atoms with Crippen molar-refractivity contribution in [1.29, 1.82) is 0 Å². The molecule has 1 atom stereocenters. The summed E-state index contributed by atoms with van der Waals surface area (Å²) in [6.45, 7) is 0.804. The molecule has 1 aromatic carbocycles. The Morgan fingerprint density at radius 1 is 1.32 bits per heavy atom. The van der Waals surface area contributed by atoms with E-state index in [-0.39, 0.29) is 12.5 Å². The van der Waals surface area contributed by atoms with Crippen LogP contribution in [0.4, 0.5) is 4.79 Å². The molecule has 0 spiro atoms. The minimum absolute atomic E-state index is 0.197. The van der Waals surface area contributed by atoms with E-state index < -0.39 is 12.1 Å². The van der Waals surface area contributed by atoms with Crippen LogP contribution in [0.3, 0.4) is 0 Å². The number of nitrogens with one attached hydrogen (secondary N) is 1. The molecule has 2 aromatic rings. The van der Waals surface area contributed by atoms with E-state index >= 15 is 0 Å². The van der Waals surface area contributed by atoms with Crippen molar-refractivity contribution in [3.05, 3.63) is 36.0 Å². The van der Waals surface area contributed by atoms with Crippen LogP contribution in [0.25, 0.3) is 10.9 Å². The van der Waals surface area contributed by atoms with Crippen LogP contribution in [0.2, 0.25) is 0 Å². The van der Waals surface area contributed by atoms with Crippen molar-refractivity contribution >= 4 is 22.9 Å². The third-order valence-corrected chi connectivity index (χ3v) is 4.36. The Morgan fingerprint density at radius 2 is 2.12 bits per heavy atom. The number of aromatic nitrogens is 1. The smallest absolute Gasteiger partial charge is 0.410 e. The number of amides is 2. The van der Waals surface area contributed by atoms with Crippen molar-refractivity contribution in [2.75, 3.05) is 20.8 Å². The SMILES string of the molecule is COC(=O)N1CCC[C@H]1C(=O)NCc1cc(OC)c2ccccc2n1. The van der Waals surface area contributed by atoms with Gasteiger partial charge >= 0.3 is 6.09 Å². The second-order valence-electron chi connectivity index (χ2n) is 5.87. The van der Waals surface area contributed by atoms with Crippen LogP contribution in [-0.2, 0) is 16.1 Å². The molecular formula is C18H21N3O4. The zero-order valence-electron chi connectivity index (χ0n) is 14.3. The number of methoxy groups -OCH3 is 2. The molecule has 0 radical (unpaired) electrons. The van der Waals surface area contributed by atoms with Gasteiger partial charge in [-0.1, -0.05) is 12.1 Å². The van der Waals surface area contributed by atoms with E-state index in [9.17, 15) is 9.59 Å². The van der Waals surface area contributed by atoms with Crippen molar-refractivity contribution in [1.82, 2.24) is 15.2 Å². The zero-order chi connectivity index (χ0) is 17.8. The molecule has 3 rings (SSSR count). The Morgan fingerprint density at radius 3 is 2.88 bits per heavy atom. The Balaban J connectivity index is 1.72. The number of carbonyl (C=O) groups excluding carboxylic acids is 2. The number of nitrogens with zero attached hydrogens (tertiary/aromatic N) is 2. The van der Waals surface area contributed by atoms with Gasteiger partial charge in [0.2, 0.25) is 5.91 Å². The highest BCUT2D eigenvalue weighted by molar-refractivity contribution is 5.87. The summed E-state index contributed by atoms with van der Waals surface area (Å²) in [5.74, 6) is 0.517. The van der Waals surface area contributed by atoms with E-state index in [1.54, 1.807) is 7.11 Å². The van der Waals surface area contributed by atoms with Gasteiger partial charge in [0.25, 0.3) is 0 Å². The standard InChI is InChI=1S/C18H21N3O4/c1-24-16-10-12(20-14-7-4-3-6-13(14)16)11-19-17(22)15-8-5-9-21(15)18(23)25-2/h3-4,6-7,10,15H,5,8-9,11H2,1-2H3,(H,19,22)/t15-/m0/s1. The van der Waals surface area contributed by atoms with Gasteiger partial charge in [-0.15, -0.1) is 0 Å². The molecule has 2 heterocycles. The number of pyridine rings is 1. The monoisotopic (exact) mass is 343 g/mol. The molecule has 1 N–H and O–H groups in total. The molecule has 0 aliphatic carbocycles. The van der Waals surface area contributed by atoms with Crippen LogP contribution in [0.5, 0.6) is 5.75 Å². The number of carbonyl (C=O) groups is 2. The quantitative estimate of drug-likeness (QED) is 0.919. The first-order valence-corrected chi connectivity index (χ1v) is 8.19. The lowest BCUT2D eigenvalue weighted by molar-refractivity contribution is -0.125. The summed E-state index contributed by atoms with van der Waals surface area (Å²) < 4.78 is 10.1. The number of para-hydroxylation sites is 1. The van der Waals surface area contributed by atoms with E-state index in [0.717, 1.165) is 17.3 Å². The Labute approximate surface area is 145 Å². The molecule has 1 saturated heterocycles. The van der Waals surface area contributed by atoms with Crippen LogP contribution in [0, 0.1) is 0 Å². The Hall–Kier alpha value is -2.83. The van der Waals surface area contributed by atoms with E-state index in [1.165, 1.54) is 12.0 Å². The van der Waals surface area contributed by atoms with Gasteiger partial charge in [0.15, 0.2) is 0 Å². The molecule has 25 heavy (non-hydrogen) atoms. The number of ether oxygens (including phenoxy) is 2. The maximum absolute atomic E-state index is 12.4. The first-order valence-electron chi connectivity index (χ1n) is 8.19. The summed E-state index contributed by atoms with van der Waals surface area (Å²) in [6.07, 6.45) is 0.952. The highest BCUT2D eigenvalue weighted by Gasteiger charge is 2.34. The second kappa shape index (κ2) is 7.38. The Kier molecular flexibility index (Phi) is 5.02. The van der Waals surface area contributed by atoms with Crippen molar-refractivity contribution in [2.24, 2.45) is 0 Å². The van der Waals surface area contributed by atoms with E-state index in [0.29, 0.717) is 24.4 Å². The zero-order valence-corrected chi connectivity index (χ0v) is 14.3.